The lowest BCUT2D eigenvalue weighted by Crippen LogP contribution is -1.89. The van der Waals surface area contributed by atoms with Gasteiger partial charge in [-0.25, -0.2) is 4.98 Å². The third-order valence-electron chi connectivity index (χ3n) is 4.03. The molecule has 0 fully saturated rings. The molecular formula is C19H11N3S. The van der Waals surface area contributed by atoms with E-state index in [1.807, 2.05) is 30.7 Å². The van der Waals surface area contributed by atoms with Gasteiger partial charge in [0.25, 0.3) is 0 Å². The molecule has 0 spiro atoms. The fraction of sp³-hybridized carbons (Fsp3) is 0. The van der Waals surface area contributed by atoms with Crippen LogP contribution in [-0.2, 0) is 0 Å². The summed E-state index contributed by atoms with van der Waals surface area (Å²) >= 11 is 1.72. The SMILES string of the molecule is c1cnc2c(-c3ccc4c(n3)sc3ccccc34)cncc2c1. The quantitative estimate of drug-likeness (QED) is 0.434. The van der Waals surface area contributed by atoms with Gasteiger partial charge >= 0.3 is 0 Å². The van der Waals surface area contributed by atoms with Gasteiger partial charge in [-0.1, -0.05) is 18.2 Å². The highest BCUT2D eigenvalue weighted by Crippen LogP contribution is 2.34. The standard InChI is InChI=1S/C19H11N3S/c1-2-6-17-13(5-1)14-7-8-16(22-19(14)23-17)15-11-20-10-12-4-3-9-21-18(12)15/h1-11H. The van der Waals surface area contributed by atoms with Crippen molar-refractivity contribution in [2.45, 2.75) is 0 Å². The van der Waals surface area contributed by atoms with E-state index in [0.29, 0.717) is 0 Å². The Labute approximate surface area is 136 Å². The van der Waals surface area contributed by atoms with E-state index in [1.165, 1.54) is 15.5 Å². The summed E-state index contributed by atoms with van der Waals surface area (Å²) in [5.41, 5.74) is 2.83. The number of pyridine rings is 3. The molecule has 0 N–H and O–H groups in total. The number of fused-ring (bicyclic) bond motifs is 4. The predicted molar refractivity (Wildman–Crippen MR) is 95.7 cm³/mol. The van der Waals surface area contributed by atoms with Gasteiger partial charge in [-0.05, 0) is 30.3 Å². The highest BCUT2D eigenvalue weighted by molar-refractivity contribution is 7.25. The smallest absolute Gasteiger partial charge is 0.125 e. The van der Waals surface area contributed by atoms with E-state index in [9.17, 15) is 0 Å². The van der Waals surface area contributed by atoms with Gasteiger partial charge in [0.15, 0.2) is 0 Å². The summed E-state index contributed by atoms with van der Waals surface area (Å²) in [6, 6.07) is 16.6. The van der Waals surface area contributed by atoms with Crippen molar-refractivity contribution in [3.63, 3.8) is 0 Å². The van der Waals surface area contributed by atoms with Crippen LogP contribution in [0, 0.1) is 0 Å². The molecule has 0 aliphatic heterocycles. The van der Waals surface area contributed by atoms with E-state index in [-0.39, 0.29) is 0 Å². The molecule has 0 radical (unpaired) electrons. The summed E-state index contributed by atoms with van der Waals surface area (Å²) in [6.07, 6.45) is 5.49. The number of rotatable bonds is 1. The molecule has 5 rings (SSSR count). The van der Waals surface area contributed by atoms with Gasteiger partial charge < -0.3 is 0 Å². The monoisotopic (exact) mass is 313 g/mol. The summed E-state index contributed by atoms with van der Waals surface area (Å²) in [6.45, 7) is 0. The van der Waals surface area contributed by atoms with Crippen LogP contribution >= 0.6 is 11.3 Å². The molecule has 0 amide bonds. The number of hydrogen-bond acceptors (Lipinski definition) is 4. The molecule has 108 valence electrons. The van der Waals surface area contributed by atoms with Crippen LogP contribution in [0.25, 0.3) is 42.5 Å². The molecule has 23 heavy (non-hydrogen) atoms. The molecule has 0 saturated carbocycles. The Hall–Kier alpha value is -2.85. The zero-order chi connectivity index (χ0) is 15.2. The molecule has 0 aliphatic rings. The second kappa shape index (κ2) is 4.83. The molecule has 0 aliphatic carbocycles. The number of hydrogen-bond donors (Lipinski definition) is 0. The molecule has 3 nitrogen and oxygen atoms in total. The Morgan fingerprint density at radius 1 is 0.826 bits per heavy atom. The minimum atomic E-state index is 0.917. The maximum absolute atomic E-state index is 4.87. The van der Waals surface area contributed by atoms with Crippen LogP contribution in [-0.4, -0.2) is 15.0 Å². The third kappa shape index (κ3) is 1.92. The van der Waals surface area contributed by atoms with Crippen molar-refractivity contribution in [3.05, 3.63) is 67.1 Å². The van der Waals surface area contributed by atoms with E-state index in [2.05, 4.69) is 46.4 Å². The van der Waals surface area contributed by atoms with Crippen LogP contribution in [0.4, 0.5) is 0 Å². The Kier molecular flexibility index (Phi) is 2.66. The molecule has 0 bridgehead atoms. The minimum Gasteiger partial charge on any atom is -0.263 e. The van der Waals surface area contributed by atoms with Gasteiger partial charge in [0, 0.05) is 45.0 Å². The molecule has 4 heterocycles. The van der Waals surface area contributed by atoms with Crippen molar-refractivity contribution in [1.29, 1.82) is 0 Å². The van der Waals surface area contributed by atoms with Crippen LogP contribution in [0.15, 0.2) is 67.1 Å². The first-order chi connectivity index (χ1) is 11.4. The van der Waals surface area contributed by atoms with E-state index in [4.69, 9.17) is 4.98 Å². The Morgan fingerprint density at radius 3 is 2.78 bits per heavy atom. The zero-order valence-electron chi connectivity index (χ0n) is 12.1. The highest BCUT2D eigenvalue weighted by atomic mass is 32.1. The average molecular weight is 313 g/mol. The zero-order valence-corrected chi connectivity index (χ0v) is 12.9. The van der Waals surface area contributed by atoms with E-state index in [0.717, 1.165) is 27.0 Å². The number of aromatic nitrogens is 3. The minimum absolute atomic E-state index is 0.917. The number of nitrogens with zero attached hydrogens (tertiary/aromatic N) is 3. The second-order valence-corrected chi connectivity index (χ2v) is 6.44. The first-order valence-electron chi connectivity index (χ1n) is 7.37. The lowest BCUT2D eigenvalue weighted by molar-refractivity contribution is 1.30. The normalized spacial score (nSPS) is 11.5. The van der Waals surface area contributed by atoms with Crippen LogP contribution in [0.1, 0.15) is 0 Å². The van der Waals surface area contributed by atoms with Crippen molar-refractivity contribution in [1.82, 2.24) is 15.0 Å². The molecule has 5 aromatic rings. The van der Waals surface area contributed by atoms with Crippen LogP contribution < -0.4 is 0 Å². The van der Waals surface area contributed by atoms with Gasteiger partial charge in [0.1, 0.15) is 4.83 Å². The van der Waals surface area contributed by atoms with E-state index < -0.39 is 0 Å². The Morgan fingerprint density at radius 2 is 1.78 bits per heavy atom. The van der Waals surface area contributed by atoms with E-state index in [1.54, 1.807) is 11.3 Å². The average Bonchev–Trinajstić information content (AvgIpc) is 2.99. The summed E-state index contributed by atoms with van der Waals surface area (Å²) in [5, 5.41) is 3.50. The first-order valence-corrected chi connectivity index (χ1v) is 8.19. The largest absolute Gasteiger partial charge is 0.263 e. The Bertz CT molecular complexity index is 1170. The maximum Gasteiger partial charge on any atom is 0.125 e. The summed E-state index contributed by atoms with van der Waals surface area (Å²) in [4.78, 5) is 14.8. The van der Waals surface area contributed by atoms with Gasteiger partial charge in [0.2, 0.25) is 0 Å². The number of thiophene rings is 1. The van der Waals surface area contributed by atoms with Crippen molar-refractivity contribution >= 4 is 42.5 Å². The maximum atomic E-state index is 4.87. The molecule has 0 saturated heterocycles. The van der Waals surface area contributed by atoms with E-state index >= 15 is 0 Å². The molecule has 0 atom stereocenters. The second-order valence-electron chi connectivity index (χ2n) is 5.41. The lowest BCUT2D eigenvalue weighted by atomic mass is 10.1. The lowest BCUT2D eigenvalue weighted by Gasteiger charge is -2.04. The predicted octanol–water partition coefficient (Wildman–Crippen LogP) is 5.06. The van der Waals surface area contributed by atoms with Crippen molar-refractivity contribution in [3.8, 4) is 11.3 Å². The molecule has 4 aromatic heterocycles. The van der Waals surface area contributed by atoms with Crippen molar-refractivity contribution in [2.24, 2.45) is 0 Å². The third-order valence-corrected chi connectivity index (χ3v) is 5.11. The van der Waals surface area contributed by atoms with Crippen molar-refractivity contribution in [2.75, 3.05) is 0 Å². The summed E-state index contributed by atoms with van der Waals surface area (Å²) in [5.74, 6) is 0. The Balaban J connectivity index is 1.81. The topological polar surface area (TPSA) is 38.7 Å². The first kappa shape index (κ1) is 12.7. The molecule has 1 aromatic carbocycles. The highest BCUT2D eigenvalue weighted by Gasteiger charge is 2.10. The van der Waals surface area contributed by atoms with Gasteiger partial charge in [-0.3, -0.25) is 9.97 Å². The van der Waals surface area contributed by atoms with Crippen LogP contribution in [0.2, 0.25) is 0 Å². The van der Waals surface area contributed by atoms with Gasteiger partial charge in [-0.2, -0.15) is 0 Å². The fourth-order valence-corrected chi connectivity index (χ4v) is 4.02. The summed E-state index contributed by atoms with van der Waals surface area (Å²) in [7, 11) is 0. The summed E-state index contributed by atoms with van der Waals surface area (Å²) < 4.78 is 1.27. The van der Waals surface area contributed by atoms with Crippen LogP contribution in [0.5, 0.6) is 0 Å². The number of benzene rings is 1. The van der Waals surface area contributed by atoms with Gasteiger partial charge in [0.05, 0.1) is 11.2 Å². The van der Waals surface area contributed by atoms with Crippen LogP contribution in [0.3, 0.4) is 0 Å². The molecule has 4 heteroatoms. The van der Waals surface area contributed by atoms with Gasteiger partial charge in [-0.15, -0.1) is 11.3 Å². The molecule has 0 unspecified atom stereocenters. The molecular weight excluding hydrogens is 302 g/mol. The fourth-order valence-electron chi connectivity index (χ4n) is 2.94. The van der Waals surface area contributed by atoms with Crippen molar-refractivity contribution < 1.29 is 0 Å².